The molecule has 1 N–H and O–H groups in total. The summed E-state index contributed by atoms with van der Waals surface area (Å²) in [7, 11) is 0. The van der Waals surface area contributed by atoms with Gasteiger partial charge in [0, 0.05) is 37.8 Å². The molecule has 2 amide bonds. The van der Waals surface area contributed by atoms with Crippen LogP contribution < -0.4 is 5.32 Å². The summed E-state index contributed by atoms with van der Waals surface area (Å²) in [4.78, 5) is 34.1. The number of nitrogens with zero attached hydrogens (tertiary/aromatic N) is 4. The highest BCUT2D eigenvalue weighted by molar-refractivity contribution is 5.78. The molecule has 226 valence electrons. The third kappa shape index (κ3) is 6.99. The zero-order valence-electron chi connectivity index (χ0n) is 22.7. The van der Waals surface area contributed by atoms with Crippen LogP contribution in [0.2, 0.25) is 0 Å². The Balaban J connectivity index is 1.62. The lowest BCUT2D eigenvalue weighted by atomic mass is 10.0. The summed E-state index contributed by atoms with van der Waals surface area (Å²) in [6, 6.07) is 2.29. The minimum atomic E-state index is -4.87. The van der Waals surface area contributed by atoms with Gasteiger partial charge >= 0.3 is 12.3 Å². The Labute approximate surface area is 235 Å². The summed E-state index contributed by atoms with van der Waals surface area (Å²) in [5, 5.41) is 2.43. The molecule has 8 nitrogen and oxygen atoms in total. The standard InChI is InChI=1S/C27H26F7N5O3/c1-26(2,3)42-25(41)36-15(9-14-10-18(29)19(30)12-17(14)28)11-21(40)38-7-8-39-20(13-38)22(37-24(39)27(32,33)34)16-5-4-6-35-23(16)31/h4-6,10,12,15H,7-9,11,13H2,1-3H3,(H,36,41). The van der Waals surface area contributed by atoms with Gasteiger partial charge in [-0.2, -0.15) is 17.6 Å². The zero-order chi connectivity index (χ0) is 31.0. The molecule has 4 rings (SSSR count). The number of fused-ring (bicyclic) bond motifs is 1. The number of rotatable bonds is 6. The number of hydrogen-bond donors (Lipinski definition) is 1. The van der Waals surface area contributed by atoms with E-state index in [-0.39, 0.29) is 35.6 Å². The van der Waals surface area contributed by atoms with Crippen LogP contribution in [0.15, 0.2) is 30.5 Å². The van der Waals surface area contributed by atoms with Gasteiger partial charge in [0.05, 0.1) is 23.5 Å². The molecule has 0 radical (unpaired) electrons. The maximum Gasteiger partial charge on any atom is 0.449 e. The van der Waals surface area contributed by atoms with Crippen LogP contribution in [0.4, 0.5) is 35.5 Å². The Morgan fingerprint density at radius 3 is 2.38 bits per heavy atom. The van der Waals surface area contributed by atoms with Gasteiger partial charge in [0.2, 0.25) is 17.7 Å². The minimum Gasteiger partial charge on any atom is -0.444 e. The second kappa shape index (κ2) is 11.6. The SMILES string of the molecule is CC(C)(C)OC(=O)NC(CC(=O)N1CCn2c(C(F)(F)F)nc(-c3cccnc3F)c2C1)Cc1cc(F)c(F)cc1F. The van der Waals surface area contributed by atoms with Crippen molar-refractivity contribution in [2.45, 2.75) is 64.5 Å². The Morgan fingerprint density at radius 2 is 1.74 bits per heavy atom. The van der Waals surface area contributed by atoms with E-state index in [1.165, 1.54) is 17.0 Å². The van der Waals surface area contributed by atoms with E-state index in [4.69, 9.17) is 4.74 Å². The molecule has 1 unspecified atom stereocenters. The number of aromatic nitrogens is 3. The molecule has 1 aliphatic heterocycles. The van der Waals surface area contributed by atoms with Gasteiger partial charge in [0.25, 0.3) is 0 Å². The third-order valence-corrected chi connectivity index (χ3v) is 6.32. The lowest BCUT2D eigenvalue weighted by Crippen LogP contribution is -2.45. The molecule has 1 aliphatic rings. The topological polar surface area (TPSA) is 89.4 Å². The monoisotopic (exact) mass is 601 g/mol. The first-order chi connectivity index (χ1) is 19.5. The number of alkyl halides is 3. The number of ether oxygens (including phenoxy) is 1. The average molecular weight is 602 g/mol. The van der Waals surface area contributed by atoms with Gasteiger partial charge in [-0.05, 0) is 51.0 Å². The summed E-state index contributed by atoms with van der Waals surface area (Å²) >= 11 is 0. The van der Waals surface area contributed by atoms with E-state index in [1.54, 1.807) is 20.8 Å². The van der Waals surface area contributed by atoms with E-state index in [0.29, 0.717) is 12.1 Å². The largest absolute Gasteiger partial charge is 0.449 e. The lowest BCUT2D eigenvalue weighted by Gasteiger charge is -2.31. The Bertz CT molecular complexity index is 1500. The van der Waals surface area contributed by atoms with Crippen molar-refractivity contribution in [3.8, 4) is 11.3 Å². The highest BCUT2D eigenvalue weighted by atomic mass is 19.4. The molecule has 0 fully saturated rings. The Kier molecular flexibility index (Phi) is 8.51. The number of carbonyl (C=O) groups excluding carboxylic acids is 2. The van der Waals surface area contributed by atoms with Crippen molar-refractivity contribution in [3.05, 3.63) is 70.9 Å². The molecule has 2 aromatic heterocycles. The number of amides is 2. The fourth-order valence-corrected chi connectivity index (χ4v) is 4.55. The molecule has 0 saturated carbocycles. The van der Waals surface area contributed by atoms with Crippen molar-refractivity contribution in [1.82, 2.24) is 24.8 Å². The summed E-state index contributed by atoms with van der Waals surface area (Å²) in [6.07, 6.45) is -5.66. The van der Waals surface area contributed by atoms with Crippen molar-refractivity contribution in [3.63, 3.8) is 0 Å². The molecule has 3 aromatic rings. The Morgan fingerprint density at radius 1 is 1.05 bits per heavy atom. The molecule has 3 heterocycles. The average Bonchev–Trinajstić information content (AvgIpc) is 3.25. The molecule has 1 atom stereocenters. The smallest absolute Gasteiger partial charge is 0.444 e. The van der Waals surface area contributed by atoms with Crippen LogP contribution in [0.25, 0.3) is 11.3 Å². The van der Waals surface area contributed by atoms with Crippen LogP contribution in [0.5, 0.6) is 0 Å². The molecular formula is C27H26F7N5O3. The van der Waals surface area contributed by atoms with Gasteiger partial charge < -0.3 is 19.5 Å². The van der Waals surface area contributed by atoms with Crippen molar-refractivity contribution in [1.29, 1.82) is 0 Å². The number of hydrogen-bond acceptors (Lipinski definition) is 5. The number of imidazole rings is 1. The van der Waals surface area contributed by atoms with Crippen LogP contribution in [-0.4, -0.2) is 49.6 Å². The van der Waals surface area contributed by atoms with Crippen molar-refractivity contribution in [2.75, 3.05) is 6.54 Å². The van der Waals surface area contributed by atoms with Crippen molar-refractivity contribution >= 4 is 12.0 Å². The fourth-order valence-electron chi connectivity index (χ4n) is 4.55. The minimum absolute atomic E-state index is 0.0860. The van der Waals surface area contributed by atoms with Gasteiger partial charge in [-0.25, -0.2) is 27.9 Å². The van der Waals surface area contributed by atoms with Crippen LogP contribution in [0.1, 0.15) is 44.3 Å². The molecule has 0 bridgehead atoms. The number of carbonyl (C=O) groups is 2. The van der Waals surface area contributed by atoms with E-state index in [2.05, 4.69) is 15.3 Å². The summed E-state index contributed by atoms with van der Waals surface area (Å²) in [6.45, 7) is 3.82. The lowest BCUT2D eigenvalue weighted by molar-refractivity contribution is -0.148. The van der Waals surface area contributed by atoms with Gasteiger partial charge in [0.15, 0.2) is 11.6 Å². The number of pyridine rings is 1. The summed E-state index contributed by atoms with van der Waals surface area (Å²) in [5.74, 6) is -6.85. The van der Waals surface area contributed by atoms with E-state index in [1.807, 2.05) is 0 Å². The second-order valence-electron chi connectivity index (χ2n) is 10.6. The predicted molar refractivity (Wildman–Crippen MR) is 134 cm³/mol. The van der Waals surface area contributed by atoms with E-state index in [0.717, 1.165) is 10.8 Å². The van der Waals surface area contributed by atoms with Crippen LogP contribution in [-0.2, 0) is 35.2 Å². The molecule has 1 aromatic carbocycles. The van der Waals surface area contributed by atoms with E-state index in [9.17, 15) is 40.3 Å². The highest BCUT2D eigenvalue weighted by Crippen LogP contribution is 2.36. The molecule has 0 saturated heterocycles. The molecule has 42 heavy (non-hydrogen) atoms. The normalized spacial score (nSPS) is 14.4. The molecular weight excluding hydrogens is 575 g/mol. The maximum absolute atomic E-state index is 14.5. The van der Waals surface area contributed by atoms with Crippen LogP contribution in [0, 0.1) is 23.4 Å². The first-order valence-corrected chi connectivity index (χ1v) is 12.7. The predicted octanol–water partition coefficient (Wildman–Crippen LogP) is 5.39. The van der Waals surface area contributed by atoms with E-state index >= 15 is 0 Å². The van der Waals surface area contributed by atoms with Crippen molar-refractivity contribution in [2.24, 2.45) is 0 Å². The maximum atomic E-state index is 14.5. The molecule has 0 spiro atoms. The highest BCUT2D eigenvalue weighted by Gasteiger charge is 2.41. The van der Waals surface area contributed by atoms with Gasteiger partial charge in [0.1, 0.15) is 11.4 Å². The molecule has 15 heteroatoms. The summed E-state index contributed by atoms with van der Waals surface area (Å²) in [5.41, 5.74) is -1.98. The number of nitrogens with one attached hydrogen (secondary N) is 1. The first-order valence-electron chi connectivity index (χ1n) is 12.7. The Hall–Kier alpha value is -4.17. The van der Waals surface area contributed by atoms with Gasteiger partial charge in [-0.3, -0.25) is 4.79 Å². The van der Waals surface area contributed by atoms with Crippen molar-refractivity contribution < 1.29 is 45.1 Å². The fraction of sp³-hybridized carbons (Fsp3) is 0.407. The third-order valence-electron chi connectivity index (χ3n) is 6.32. The summed E-state index contributed by atoms with van der Waals surface area (Å²) < 4.78 is 103. The van der Waals surface area contributed by atoms with Gasteiger partial charge in [-0.15, -0.1) is 0 Å². The number of halogens is 7. The van der Waals surface area contributed by atoms with Crippen LogP contribution >= 0.6 is 0 Å². The van der Waals surface area contributed by atoms with Gasteiger partial charge in [-0.1, -0.05) is 0 Å². The number of benzene rings is 1. The quantitative estimate of drug-likeness (QED) is 0.233. The first kappa shape index (κ1) is 30.8. The molecule has 0 aliphatic carbocycles. The van der Waals surface area contributed by atoms with Crippen LogP contribution in [0.3, 0.4) is 0 Å². The van der Waals surface area contributed by atoms with E-state index < -0.39 is 78.4 Å². The zero-order valence-corrected chi connectivity index (χ0v) is 22.7. The second-order valence-corrected chi connectivity index (χ2v) is 10.6. The number of alkyl carbamates (subject to hydrolysis) is 1.